The summed E-state index contributed by atoms with van der Waals surface area (Å²) in [5, 5.41) is 5.20. The molecule has 0 aromatic heterocycles. The zero-order valence-corrected chi connectivity index (χ0v) is 12.4. The van der Waals surface area contributed by atoms with Gasteiger partial charge in [-0.1, -0.05) is 12.1 Å². The van der Waals surface area contributed by atoms with Gasteiger partial charge in [0.1, 0.15) is 12.6 Å². The van der Waals surface area contributed by atoms with Gasteiger partial charge in [0.25, 0.3) is 0 Å². The number of rotatable bonds is 4. The minimum Gasteiger partial charge on any atom is -0.486 e. The molecule has 2 heterocycles. The Morgan fingerprint density at radius 2 is 2.14 bits per heavy atom. The van der Waals surface area contributed by atoms with Crippen LogP contribution in [-0.4, -0.2) is 55.2 Å². The number of urea groups is 1. The molecule has 2 atom stereocenters. The smallest absolute Gasteiger partial charge is 0.315 e. The molecule has 3 amide bonds. The van der Waals surface area contributed by atoms with E-state index in [0.717, 1.165) is 5.75 Å². The van der Waals surface area contributed by atoms with Gasteiger partial charge in [-0.2, -0.15) is 0 Å². The largest absolute Gasteiger partial charge is 0.486 e. The second kappa shape index (κ2) is 6.13. The lowest BCUT2D eigenvalue weighted by Crippen LogP contribution is -2.50. The van der Waals surface area contributed by atoms with E-state index < -0.39 is 6.04 Å². The Kier molecular flexibility index (Phi) is 4.04. The highest BCUT2D eigenvalue weighted by Crippen LogP contribution is 2.31. The Balaban J connectivity index is 1.61. The third-order valence-electron chi connectivity index (χ3n) is 3.76. The summed E-state index contributed by atoms with van der Waals surface area (Å²) < 4.78 is 11.5. The molecule has 1 aromatic carbocycles. The molecule has 2 N–H and O–H groups in total. The van der Waals surface area contributed by atoms with Crippen LogP contribution in [0.25, 0.3) is 0 Å². The number of ether oxygens (including phenoxy) is 2. The lowest BCUT2D eigenvalue weighted by Gasteiger charge is -2.31. The molecule has 118 valence electrons. The van der Waals surface area contributed by atoms with Crippen molar-refractivity contribution in [3.8, 4) is 11.5 Å². The fourth-order valence-corrected chi connectivity index (χ4v) is 2.60. The lowest BCUT2D eigenvalue weighted by molar-refractivity contribution is -0.134. The van der Waals surface area contributed by atoms with E-state index in [1.165, 1.54) is 0 Å². The predicted molar refractivity (Wildman–Crippen MR) is 78.9 cm³/mol. The van der Waals surface area contributed by atoms with Crippen LogP contribution in [-0.2, 0) is 4.79 Å². The quantitative estimate of drug-likeness (QED) is 0.841. The summed E-state index contributed by atoms with van der Waals surface area (Å²) in [6.45, 7) is 3.59. The maximum atomic E-state index is 12.4. The summed E-state index contributed by atoms with van der Waals surface area (Å²) in [7, 11) is 0. The van der Waals surface area contributed by atoms with Crippen molar-refractivity contribution in [1.29, 1.82) is 0 Å². The van der Waals surface area contributed by atoms with Gasteiger partial charge in [0.05, 0.1) is 6.54 Å². The lowest BCUT2D eigenvalue weighted by atomic mass is 10.2. The zero-order chi connectivity index (χ0) is 15.5. The Labute approximate surface area is 128 Å². The standard InChI is InChI=1S/C15H19N3O4/c1-2-18(14(19)11-7-16-15(20)17-11)8-10-9-21-12-5-3-4-6-13(12)22-10/h3-6,10-11H,2,7-9H2,1H3,(H2,16,17,20)/t10-,11-/m1/s1. The topological polar surface area (TPSA) is 79.9 Å². The number of benzene rings is 1. The third kappa shape index (κ3) is 2.93. The van der Waals surface area contributed by atoms with Crippen LogP contribution >= 0.6 is 0 Å². The fourth-order valence-electron chi connectivity index (χ4n) is 2.60. The molecular formula is C15H19N3O4. The second-order valence-electron chi connectivity index (χ2n) is 5.28. The van der Waals surface area contributed by atoms with Crippen LogP contribution in [0, 0.1) is 0 Å². The van der Waals surface area contributed by atoms with E-state index in [2.05, 4.69) is 10.6 Å². The molecule has 22 heavy (non-hydrogen) atoms. The number of hydrogen-bond acceptors (Lipinski definition) is 4. The molecule has 2 aliphatic rings. The Bertz CT molecular complexity index is 578. The molecule has 0 aliphatic carbocycles. The van der Waals surface area contributed by atoms with E-state index >= 15 is 0 Å². The highest BCUT2D eigenvalue weighted by molar-refractivity contribution is 5.90. The number of nitrogens with zero attached hydrogens (tertiary/aromatic N) is 1. The SMILES string of the molecule is CCN(C[C@@H]1COc2ccccc2O1)C(=O)[C@H]1CNC(=O)N1. The summed E-state index contributed by atoms with van der Waals surface area (Å²) in [5.74, 6) is 1.31. The monoisotopic (exact) mass is 305 g/mol. The first-order valence-corrected chi connectivity index (χ1v) is 7.39. The minimum absolute atomic E-state index is 0.108. The van der Waals surface area contributed by atoms with Crippen molar-refractivity contribution in [2.75, 3.05) is 26.2 Å². The van der Waals surface area contributed by atoms with Crippen LogP contribution in [0.5, 0.6) is 11.5 Å². The summed E-state index contributed by atoms with van der Waals surface area (Å²) in [6.07, 6.45) is -0.219. The van der Waals surface area contributed by atoms with Gasteiger partial charge in [-0.05, 0) is 19.1 Å². The predicted octanol–water partition coefficient (Wildman–Crippen LogP) is 0.356. The summed E-state index contributed by atoms with van der Waals surface area (Å²) in [5.41, 5.74) is 0. The fraction of sp³-hybridized carbons (Fsp3) is 0.467. The van der Waals surface area contributed by atoms with Crippen LogP contribution in [0.3, 0.4) is 0 Å². The molecule has 0 unspecified atom stereocenters. The molecule has 1 aromatic rings. The first-order chi connectivity index (χ1) is 10.7. The summed E-state index contributed by atoms with van der Waals surface area (Å²) in [4.78, 5) is 25.3. The number of fused-ring (bicyclic) bond motifs is 1. The van der Waals surface area contributed by atoms with Crippen LogP contribution in [0.15, 0.2) is 24.3 Å². The van der Waals surface area contributed by atoms with E-state index in [9.17, 15) is 9.59 Å². The Morgan fingerprint density at radius 3 is 2.82 bits per heavy atom. The van der Waals surface area contributed by atoms with E-state index in [0.29, 0.717) is 32.0 Å². The number of likely N-dealkylation sites (N-methyl/N-ethyl adjacent to an activating group) is 1. The van der Waals surface area contributed by atoms with E-state index in [-0.39, 0.29) is 18.0 Å². The molecule has 0 spiro atoms. The molecule has 2 aliphatic heterocycles. The molecular weight excluding hydrogens is 286 g/mol. The van der Waals surface area contributed by atoms with Crippen molar-refractivity contribution in [3.63, 3.8) is 0 Å². The minimum atomic E-state index is -0.510. The molecule has 1 fully saturated rings. The van der Waals surface area contributed by atoms with Gasteiger partial charge in [-0.3, -0.25) is 4.79 Å². The average molecular weight is 305 g/mol. The number of amides is 3. The first-order valence-electron chi connectivity index (χ1n) is 7.39. The van der Waals surface area contributed by atoms with Crippen molar-refractivity contribution >= 4 is 11.9 Å². The van der Waals surface area contributed by atoms with Gasteiger partial charge in [0, 0.05) is 13.1 Å². The van der Waals surface area contributed by atoms with Crippen LogP contribution in [0.2, 0.25) is 0 Å². The highest BCUT2D eigenvalue weighted by Gasteiger charge is 2.32. The Morgan fingerprint density at radius 1 is 1.36 bits per heavy atom. The van der Waals surface area contributed by atoms with Crippen LogP contribution < -0.4 is 20.1 Å². The average Bonchev–Trinajstić information content (AvgIpc) is 2.98. The molecule has 3 rings (SSSR count). The zero-order valence-electron chi connectivity index (χ0n) is 12.4. The molecule has 0 saturated carbocycles. The van der Waals surface area contributed by atoms with Crippen molar-refractivity contribution in [2.45, 2.75) is 19.1 Å². The summed E-state index contributed by atoms with van der Waals surface area (Å²) >= 11 is 0. The highest BCUT2D eigenvalue weighted by atomic mass is 16.6. The normalized spacial score (nSPS) is 22.7. The first kappa shape index (κ1) is 14.5. The van der Waals surface area contributed by atoms with Crippen molar-refractivity contribution in [3.05, 3.63) is 24.3 Å². The second-order valence-corrected chi connectivity index (χ2v) is 5.28. The van der Waals surface area contributed by atoms with Gasteiger partial charge in [0.2, 0.25) is 5.91 Å². The molecule has 7 nitrogen and oxygen atoms in total. The maximum Gasteiger partial charge on any atom is 0.315 e. The number of hydrogen-bond donors (Lipinski definition) is 2. The summed E-state index contributed by atoms with van der Waals surface area (Å²) in [6, 6.07) is 6.66. The maximum absolute atomic E-state index is 12.4. The van der Waals surface area contributed by atoms with E-state index in [1.54, 1.807) is 4.90 Å². The van der Waals surface area contributed by atoms with Crippen molar-refractivity contribution in [2.24, 2.45) is 0 Å². The van der Waals surface area contributed by atoms with Crippen LogP contribution in [0.1, 0.15) is 6.92 Å². The Hall–Kier alpha value is -2.44. The van der Waals surface area contributed by atoms with Gasteiger partial charge in [0.15, 0.2) is 17.6 Å². The molecule has 0 bridgehead atoms. The molecule has 1 saturated heterocycles. The van der Waals surface area contributed by atoms with Gasteiger partial charge in [-0.15, -0.1) is 0 Å². The number of carbonyl (C=O) groups excluding carboxylic acids is 2. The van der Waals surface area contributed by atoms with Gasteiger partial charge >= 0.3 is 6.03 Å². The number of para-hydroxylation sites is 2. The number of nitrogens with one attached hydrogen (secondary N) is 2. The van der Waals surface area contributed by atoms with Crippen molar-refractivity contribution in [1.82, 2.24) is 15.5 Å². The van der Waals surface area contributed by atoms with Crippen molar-refractivity contribution < 1.29 is 19.1 Å². The van der Waals surface area contributed by atoms with E-state index in [1.807, 2.05) is 31.2 Å². The third-order valence-corrected chi connectivity index (χ3v) is 3.76. The van der Waals surface area contributed by atoms with Gasteiger partial charge in [-0.25, -0.2) is 4.79 Å². The van der Waals surface area contributed by atoms with Gasteiger partial charge < -0.3 is 25.0 Å². The van der Waals surface area contributed by atoms with Crippen LogP contribution in [0.4, 0.5) is 4.79 Å². The van der Waals surface area contributed by atoms with E-state index in [4.69, 9.17) is 9.47 Å². The molecule has 7 heteroatoms. The molecule has 0 radical (unpaired) electrons. The number of carbonyl (C=O) groups is 2.